The van der Waals surface area contributed by atoms with Crippen LogP contribution in [0, 0.1) is 11.5 Å². The molecule has 0 aromatic carbocycles. The van der Waals surface area contributed by atoms with Crippen molar-refractivity contribution < 1.29 is 19.4 Å². The van der Waals surface area contributed by atoms with Gasteiger partial charge in [0.2, 0.25) is 0 Å². The quantitative estimate of drug-likeness (QED) is 0.443. The summed E-state index contributed by atoms with van der Waals surface area (Å²) >= 11 is 0. The third-order valence-corrected chi connectivity index (χ3v) is 10.5. The van der Waals surface area contributed by atoms with Gasteiger partial charge in [0.25, 0.3) is 5.91 Å². The maximum Gasteiger partial charge on any atom is 0.330 e. The van der Waals surface area contributed by atoms with E-state index in [0.717, 1.165) is 0 Å². The first-order valence-electron chi connectivity index (χ1n) is 7.65. The van der Waals surface area contributed by atoms with E-state index in [2.05, 4.69) is 63.1 Å². The van der Waals surface area contributed by atoms with Gasteiger partial charge in [0.05, 0.1) is 13.7 Å². The Morgan fingerprint density at radius 1 is 1.09 bits per heavy atom. The van der Waals surface area contributed by atoms with E-state index in [4.69, 9.17) is 5.11 Å². The number of nitrogens with one attached hydrogen (secondary N) is 1. The lowest BCUT2D eigenvalue weighted by Crippen LogP contribution is -2.45. The van der Waals surface area contributed by atoms with Crippen molar-refractivity contribution in [1.82, 2.24) is 5.32 Å². The number of carbonyl (C=O) groups is 2. The molecule has 0 bridgehead atoms. The van der Waals surface area contributed by atoms with E-state index in [1.165, 1.54) is 7.11 Å². The summed E-state index contributed by atoms with van der Waals surface area (Å²) in [5, 5.41) is 11.5. The Hall–Kier alpha value is -1.32. The molecule has 0 spiro atoms. The first kappa shape index (κ1) is 20.7. The molecule has 1 atom stereocenters. The van der Waals surface area contributed by atoms with Crippen LogP contribution < -0.4 is 5.32 Å². The minimum Gasteiger partial charge on any atom is -0.467 e. The number of aliphatic hydroxyl groups is 1. The molecular weight excluding hydrogens is 298 g/mol. The van der Waals surface area contributed by atoms with E-state index >= 15 is 0 Å². The monoisotopic (exact) mass is 327 g/mol. The Morgan fingerprint density at radius 2 is 1.55 bits per heavy atom. The summed E-state index contributed by atoms with van der Waals surface area (Å²) in [6.45, 7) is 12.4. The highest BCUT2D eigenvalue weighted by Gasteiger charge is 2.41. The molecule has 2 N–H and O–H groups in total. The molecule has 0 aliphatic heterocycles. The molecule has 0 unspecified atom stereocenters. The third-order valence-electron chi connectivity index (χ3n) is 4.23. The van der Waals surface area contributed by atoms with Gasteiger partial charge in [-0.2, -0.15) is 0 Å². The molecule has 0 aromatic heterocycles. The molecule has 22 heavy (non-hydrogen) atoms. The van der Waals surface area contributed by atoms with Gasteiger partial charge < -0.3 is 15.2 Å². The molecule has 0 rings (SSSR count). The Kier molecular flexibility index (Phi) is 8.42. The topological polar surface area (TPSA) is 75.6 Å². The van der Waals surface area contributed by atoms with Crippen molar-refractivity contribution in [3.05, 3.63) is 0 Å². The van der Waals surface area contributed by atoms with Crippen molar-refractivity contribution in [1.29, 1.82) is 0 Å². The highest BCUT2D eigenvalue weighted by Crippen LogP contribution is 2.40. The van der Waals surface area contributed by atoms with Gasteiger partial charge in [0.15, 0.2) is 6.04 Å². The van der Waals surface area contributed by atoms with E-state index in [9.17, 15) is 9.59 Å². The molecule has 0 fully saturated rings. The number of hydrogen-bond acceptors (Lipinski definition) is 4. The molecule has 126 valence electrons. The minimum absolute atomic E-state index is 0.419. The van der Waals surface area contributed by atoms with Crippen LogP contribution >= 0.6 is 0 Å². The van der Waals surface area contributed by atoms with Crippen LogP contribution in [0.5, 0.6) is 0 Å². The van der Waals surface area contributed by atoms with Gasteiger partial charge in [0.1, 0.15) is 8.07 Å². The highest BCUT2D eigenvalue weighted by atomic mass is 28.3. The van der Waals surface area contributed by atoms with Crippen LogP contribution in [0.15, 0.2) is 0 Å². The predicted octanol–water partition coefficient (Wildman–Crippen LogP) is 1.86. The summed E-state index contributed by atoms with van der Waals surface area (Å²) in [7, 11) is -0.782. The molecule has 0 saturated carbocycles. The summed E-state index contributed by atoms with van der Waals surface area (Å²) in [4.78, 5) is 23.3. The largest absolute Gasteiger partial charge is 0.467 e. The van der Waals surface area contributed by atoms with Gasteiger partial charge >= 0.3 is 5.97 Å². The van der Waals surface area contributed by atoms with Crippen molar-refractivity contribution in [2.45, 2.75) is 64.2 Å². The fourth-order valence-corrected chi connectivity index (χ4v) is 8.31. The molecule has 0 heterocycles. The maximum atomic E-state index is 12.0. The second kappa shape index (κ2) is 8.96. The maximum absolute atomic E-state index is 12.0. The number of ether oxygens (including phenoxy) is 1. The van der Waals surface area contributed by atoms with Crippen LogP contribution in [-0.4, -0.2) is 44.8 Å². The summed E-state index contributed by atoms with van der Waals surface area (Å²) < 4.78 is 4.51. The SMILES string of the molecule is COC(=O)[C@H](CO)NC(=O)C#C[Si](C(C)C)(C(C)C)C(C)C. The van der Waals surface area contributed by atoms with Crippen molar-refractivity contribution in [2.24, 2.45) is 0 Å². The molecule has 0 saturated heterocycles. The first-order valence-corrected chi connectivity index (χ1v) is 9.88. The molecular formula is C16H29NO4Si. The van der Waals surface area contributed by atoms with E-state index in [0.29, 0.717) is 16.6 Å². The van der Waals surface area contributed by atoms with Crippen LogP contribution in [0.4, 0.5) is 0 Å². The summed E-state index contributed by atoms with van der Waals surface area (Å²) in [6, 6.07) is -1.07. The van der Waals surface area contributed by atoms with Gasteiger partial charge in [-0.1, -0.05) is 41.5 Å². The Balaban J connectivity index is 5.31. The standard InChI is InChI=1S/C16H29NO4Si/c1-11(2)22(12(3)4,13(5)6)9-8-15(19)17-14(10-18)16(20)21-7/h11-14,18H,10H2,1-7H3,(H,17,19)/t14-/m0/s1. The average molecular weight is 327 g/mol. The number of amides is 1. The van der Waals surface area contributed by atoms with Gasteiger partial charge in [0, 0.05) is 0 Å². The molecule has 1 amide bonds. The van der Waals surface area contributed by atoms with Crippen LogP contribution in [-0.2, 0) is 14.3 Å². The van der Waals surface area contributed by atoms with Crippen LogP contribution in [0.2, 0.25) is 16.6 Å². The summed E-state index contributed by atoms with van der Waals surface area (Å²) in [5.74, 6) is 1.42. The molecule has 0 radical (unpaired) electrons. The summed E-state index contributed by atoms with van der Waals surface area (Å²) in [5.41, 5.74) is 4.52. The fraction of sp³-hybridized carbons (Fsp3) is 0.750. The number of hydrogen-bond donors (Lipinski definition) is 2. The smallest absolute Gasteiger partial charge is 0.330 e. The molecule has 6 heteroatoms. The van der Waals surface area contributed by atoms with Crippen LogP contribution in [0.25, 0.3) is 0 Å². The molecule has 0 aliphatic rings. The Morgan fingerprint density at radius 3 is 1.86 bits per heavy atom. The van der Waals surface area contributed by atoms with E-state index in [-0.39, 0.29) is 0 Å². The van der Waals surface area contributed by atoms with Crippen LogP contribution in [0.1, 0.15) is 41.5 Å². The van der Waals surface area contributed by atoms with Crippen LogP contribution in [0.3, 0.4) is 0 Å². The zero-order valence-corrected chi connectivity index (χ0v) is 15.7. The number of carbonyl (C=O) groups excluding carboxylic acids is 2. The molecule has 5 nitrogen and oxygen atoms in total. The number of rotatable bonds is 6. The molecule has 0 aliphatic carbocycles. The van der Waals surface area contributed by atoms with E-state index < -0.39 is 32.6 Å². The summed E-state index contributed by atoms with van der Waals surface area (Å²) in [6.07, 6.45) is 0. The van der Waals surface area contributed by atoms with Crippen molar-refractivity contribution in [3.63, 3.8) is 0 Å². The Bertz CT molecular complexity index is 427. The Labute approximate surface area is 134 Å². The third kappa shape index (κ3) is 4.85. The van der Waals surface area contributed by atoms with E-state index in [1.54, 1.807) is 0 Å². The lowest BCUT2D eigenvalue weighted by atomic mass is 10.3. The normalized spacial score (nSPS) is 12.9. The van der Waals surface area contributed by atoms with Crippen molar-refractivity contribution in [2.75, 3.05) is 13.7 Å². The van der Waals surface area contributed by atoms with Gasteiger partial charge in [-0.05, 0) is 22.5 Å². The lowest BCUT2D eigenvalue weighted by molar-refractivity contribution is -0.145. The first-order chi connectivity index (χ1) is 10.1. The zero-order chi connectivity index (χ0) is 17.5. The predicted molar refractivity (Wildman–Crippen MR) is 89.9 cm³/mol. The fourth-order valence-electron chi connectivity index (χ4n) is 3.11. The zero-order valence-electron chi connectivity index (χ0n) is 14.7. The second-order valence-electron chi connectivity index (χ2n) is 6.38. The van der Waals surface area contributed by atoms with Gasteiger partial charge in [-0.25, -0.2) is 4.79 Å². The minimum atomic E-state index is -1.99. The lowest BCUT2D eigenvalue weighted by Gasteiger charge is -2.37. The van der Waals surface area contributed by atoms with Gasteiger partial charge in [-0.15, -0.1) is 5.54 Å². The van der Waals surface area contributed by atoms with Gasteiger partial charge in [-0.3, -0.25) is 4.79 Å². The van der Waals surface area contributed by atoms with E-state index in [1.807, 2.05) is 0 Å². The number of aliphatic hydroxyl groups excluding tert-OH is 1. The second-order valence-corrected chi connectivity index (χ2v) is 12.0. The number of esters is 1. The average Bonchev–Trinajstić information content (AvgIpc) is 2.43. The van der Waals surface area contributed by atoms with Crippen molar-refractivity contribution in [3.8, 4) is 11.5 Å². The van der Waals surface area contributed by atoms with Crippen molar-refractivity contribution >= 4 is 20.0 Å². The number of methoxy groups -OCH3 is 1. The highest BCUT2D eigenvalue weighted by molar-refractivity contribution is 6.90. The molecule has 0 aromatic rings.